The van der Waals surface area contributed by atoms with Gasteiger partial charge in [-0.3, -0.25) is 9.69 Å². The molecule has 0 bridgehead atoms. The molecule has 1 aromatic heterocycles. The molecule has 1 aromatic rings. The number of amides is 1. The zero-order valence-corrected chi connectivity index (χ0v) is 12.0. The Morgan fingerprint density at radius 3 is 3.26 bits per heavy atom. The van der Waals surface area contributed by atoms with Gasteiger partial charge in [0.1, 0.15) is 0 Å². The number of rotatable bonds is 3. The molecule has 3 heterocycles. The van der Waals surface area contributed by atoms with Crippen molar-refractivity contribution < 1.29 is 4.79 Å². The molecule has 2 saturated heterocycles. The van der Waals surface area contributed by atoms with E-state index in [0.717, 1.165) is 31.2 Å². The Bertz CT molecular complexity index is 447. The van der Waals surface area contributed by atoms with Crippen molar-refractivity contribution in [3.8, 4) is 0 Å². The largest absolute Gasteiger partial charge is 0.312 e. The Hall–Kier alpha value is -0.980. The summed E-state index contributed by atoms with van der Waals surface area (Å²) in [7, 11) is 0. The predicted molar refractivity (Wildman–Crippen MR) is 76.4 cm³/mol. The van der Waals surface area contributed by atoms with Crippen LogP contribution in [0, 0.1) is 12.8 Å². The van der Waals surface area contributed by atoms with E-state index in [1.165, 1.54) is 24.2 Å². The Balaban J connectivity index is 1.50. The number of nitrogens with zero attached hydrogens (tertiary/aromatic N) is 2. The van der Waals surface area contributed by atoms with Crippen molar-refractivity contribution in [2.75, 3.05) is 31.5 Å². The van der Waals surface area contributed by atoms with Gasteiger partial charge in [-0.25, -0.2) is 4.98 Å². The molecule has 3 rings (SSSR count). The fourth-order valence-corrected chi connectivity index (χ4v) is 3.74. The molecule has 6 heteroatoms. The smallest absolute Gasteiger partial charge is 0.240 e. The lowest BCUT2D eigenvalue weighted by molar-refractivity contribution is -0.117. The van der Waals surface area contributed by atoms with Crippen LogP contribution in [0.5, 0.6) is 0 Å². The number of fused-ring (bicyclic) bond motifs is 1. The molecule has 2 fully saturated rings. The molecule has 2 N–H and O–H groups in total. The molecule has 19 heavy (non-hydrogen) atoms. The normalized spacial score (nSPS) is 27.2. The van der Waals surface area contributed by atoms with Crippen molar-refractivity contribution >= 4 is 22.4 Å². The minimum absolute atomic E-state index is 0.0491. The minimum Gasteiger partial charge on any atom is -0.312 e. The maximum absolute atomic E-state index is 12.0. The third-order valence-electron chi connectivity index (χ3n) is 3.91. The van der Waals surface area contributed by atoms with Crippen LogP contribution >= 0.6 is 11.3 Å². The average molecular weight is 280 g/mol. The van der Waals surface area contributed by atoms with E-state index in [9.17, 15) is 4.79 Å². The lowest BCUT2D eigenvalue weighted by Crippen LogP contribution is -2.41. The van der Waals surface area contributed by atoms with Gasteiger partial charge >= 0.3 is 0 Å². The summed E-state index contributed by atoms with van der Waals surface area (Å²) in [6.07, 6.45) is 2.56. The number of likely N-dealkylation sites (tertiary alicyclic amines) is 1. The number of aryl methyl sites for hydroxylation is 1. The van der Waals surface area contributed by atoms with Gasteiger partial charge in [0.25, 0.3) is 0 Å². The second-order valence-electron chi connectivity index (χ2n) is 5.50. The number of nitrogens with one attached hydrogen (secondary N) is 2. The summed E-state index contributed by atoms with van der Waals surface area (Å²) in [6, 6.07) is 0.587. The first-order valence-electron chi connectivity index (χ1n) is 6.88. The van der Waals surface area contributed by atoms with Gasteiger partial charge in [0.15, 0.2) is 5.13 Å². The molecular weight excluding hydrogens is 260 g/mol. The topological polar surface area (TPSA) is 57.3 Å². The van der Waals surface area contributed by atoms with Crippen LogP contribution in [-0.2, 0) is 4.79 Å². The highest BCUT2D eigenvalue weighted by molar-refractivity contribution is 7.13. The molecule has 0 aromatic carbocycles. The Labute approximate surface area is 117 Å². The van der Waals surface area contributed by atoms with Crippen molar-refractivity contribution in [1.29, 1.82) is 0 Å². The maximum atomic E-state index is 12.0. The number of thiazole rings is 1. The number of hydrogen-bond acceptors (Lipinski definition) is 5. The van der Waals surface area contributed by atoms with Crippen molar-refractivity contribution in [1.82, 2.24) is 15.2 Å². The summed E-state index contributed by atoms with van der Waals surface area (Å²) in [4.78, 5) is 18.5. The summed E-state index contributed by atoms with van der Waals surface area (Å²) < 4.78 is 0. The van der Waals surface area contributed by atoms with Crippen LogP contribution in [0.25, 0.3) is 0 Å². The van der Waals surface area contributed by atoms with E-state index >= 15 is 0 Å². The first-order valence-corrected chi connectivity index (χ1v) is 7.76. The van der Waals surface area contributed by atoms with Crippen LogP contribution in [0.3, 0.4) is 0 Å². The third kappa shape index (κ3) is 3.13. The summed E-state index contributed by atoms with van der Waals surface area (Å²) >= 11 is 1.48. The highest BCUT2D eigenvalue weighted by Crippen LogP contribution is 2.24. The quantitative estimate of drug-likeness (QED) is 0.870. The Morgan fingerprint density at radius 1 is 1.63 bits per heavy atom. The monoisotopic (exact) mass is 280 g/mol. The first kappa shape index (κ1) is 13.0. The van der Waals surface area contributed by atoms with Gasteiger partial charge in [0.2, 0.25) is 5.91 Å². The summed E-state index contributed by atoms with van der Waals surface area (Å²) in [5, 5.41) is 9.09. The van der Waals surface area contributed by atoms with Gasteiger partial charge < -0.3 is 10.6 Å². The number of carbonyl (C=O) groups is 1. The van der Waals surface area contributed by atoms with E-state index in [-0.39, 0.29) is 5.91 Å². The lowest BCUT2D eigenvalue weighted by atomic mass is 9.94. The molecule has 0 aliphatic carbocycles. The zero-order valence-electron chi connectivity index (χ0n) is 11.2. The van der Waals surface area contributed by atoms with Crippen LogP contribution < -0.4 is 10.6 Å². The number of carbonyl (C=O) groups excluding carboxylic acids is 1. The Kier molecular flexibility index (Phi) is 3.81. The molecule has 0 unspecified atom stereocenters. The van der Waals surface area contributed by atoms with Crippen molar-refractivity contribution in [2.24, 2.45) is 5.92 Å². The predicted octanol–water partition coefficient (Wildman–Crippen LogP) is 1.07. The van der Waals surface area contributed by atoms with Crippen LogP contribution in [0.2, 0.25) is 0 Å². The summed E-state index contributed by atoms with van der Waals surface area (Å²) in [5.41, 5.74) is 0.955. The number of anilines is 1. The summed E-state index contributed by atoms with van der Waals surface area (Å²) in [5.74, 6) is 0.775. The molecule has 0 spiro atoms. The minimum atomic E-state index is 0.0491. The number of piperidine rings is 1. The number of aromatic nitrogens is 1. The van der Waals surface area contributed by atoms with Crippen LogP contribution in [0.4, 0.5) is 5.13 Å². The molecule has 1 amide bonds. The van der Waals surface area contributed by atoms with Crippen LogP contribution in [-0.4, -0.2) is 48.0 Å². The third-order valence-corrected chi connectivity index (χ3v) is 4.78. The van der Waals surface area contributed by atoms with Gasteiger partial charge in [-0.2, -0.15) is 0 Å². The first-order chi connectivity index (χ1) is 9.20. The van der Waals surface area contributed by atoms with Gasteiger partial charge in [-0.15, -0.1) is 11.3 Å². The molecule has 2 aliphatic rings. The molecule has 2 aliphatic heterocycles. The van der Waals surface area contributed by atoms with E-state index in [4.69, 9.17) is 0 Å². The van der Waals surface area contributed by atoms with Crippen molar-refractivity contribution in [3.05, 3.63) is 11.1 Å². The van der Waals surface area contributed by atoms with Gasteiger partial charge in [-0.1, -0.05) is 0 Å². The maximum Gasteiger partial charge on any atom is 0.240 e. The standard InChI is InChI=1S/C13H20N4OS/c1-9-8-19-13(15-9)16-12(18)7-17-5-10-3-2-4-14-11(10)6-17/h8,10-11,14H,2-7H2,1H3,(H,15,16,18)/t10-,11+/m0/s1. The van der Waals surface area contributed by atoms with Crippen molar-refractivity contribution in [2.45, 2.75) is 25.8 Å². The molecule has 0 saturated carbocycles. The van der Waals surface area contributed by atoms with E-state index in [1.54, 1.807) is 0 Å². The zero-order chi connectivity index (χ0) is 13.2. The van der Waals surface area contributed by atoms with Crippen LogP contribution in [0.1, 0.15) is 18.5 Å². The molecular formula is C13H20N4OS. The van der Waals surface area contributed by atoms with Crippen molar-refractivity contribution in [3.63, 3.8) is 0 Å². The SMILES string of the molecule is Cc1csc(NC(=O)CN2C[C@@H]3CCCN[C@@H]3C2)n1. The van der Waals surface area contributed by atoms with Gasteiger partial charge in [0.05, 0.1) is 12.2 Å². The highest BCUT2D eigenvalue weighted by atomic mass is 32.1. The fraction of sp³-hybridized carbons (Fsp3) is 0.692. The lowest BCUT2D eigenvalue weighted by Gasteiger charge is -2.24. The molecule has 2 atom stereocenters. The van der Waals surface area contributed by atoms with Crippen LogP contribution in [0.15, 0.2) is 5.38 Å². The van der Waals surface area contributed by atoms with Gasteiger partial charge in [-0.05, 0) is 32.2 Å². The molecule has 0 radical (unpaired) electrons. The van der Waals surface area contributed by atoms with E-state index < -0.39 is 0 Å². The molecule has 104 valence electrons. The second kappa shape index (κ2) is 5.56. The van der Waals surface area contributed by atoms with E-state index in [1.807, 2.05) is 12.3 Å². The number of hydrogen-bond donors (Lipinski definition) is 2. The fourth-order valence-electron chi connectivity index (χ4n) is 3.04. The van der Waals surface area contributed by atoms with E-state index in [0.29, 0.717) is 17.7 Å². The molecule has 5 nitrogen and oxygen atoms in total. The Morgan fingerprint density at radius 2 is 2.53 bits per heavy atom. The highest BCUT2D eigenvalue weighted by Gasteiger charge is 2.34. The second-order valence-corrected chi connectivity index (χ2v) is 6.36. The summed E-state index contributed by atoms with van der Waals surface area (Å²) in [6.45, 7) is 5.58. The van der Waals surface area contributed by atoms with Gasteiger partial charge in [0, 0.05) is 24.5 Å². The average Bonchev–Trinajstić information content (AvgIpc) is 2.94. The van der Waals surface area contributed by atoms with E-state index in [2.05, 4.69) is 20.5 Å².